The van der Waals surface area contributed by atoms with E-state index in [0.717, 1.165) is 42.8 Å². The van der Waals surface area contributed by atoms with Crippen LogP contribution < -0.4 is 0 Å². The minimum atomic E-state index is 0.970. The summed E-state index contributed by atoms with van der Waals surface area (Å²) in [7, 11) is 0. The van der Waals surface area contributed by atoms with Gasteiger partial charge in [0.2, 0.25) is 0 Å². The summed E-state index contributed by atoms with van der Waals surface area (Å²) in [5.41, 5.74) is 2.54. The molecule has 1 aliphatic rings. The lowest BCUT2D eigenvalue weighted by atomic mass is 10.0. The van der Waals surface area contributed by atoms with E-state index in [2.05, 4.69) is 85.5 Å². The van der Waals surface area contributed by atoms with Gasteiger partial charge in [-0.25, -0.2) is 0 Å². The van der Waals surface area contributed by atoms with Crippen LogP contribution in [0.5, 0.6) is 0 Å². The van der Waals surface area contributed by atoms with Crippen molar-refractivity contribution < 1.29 is 0 Å². The molecule has 0 aromatic heterocycles. The van der Waals surface area contributed by atoms with E-state index in [-0.39, 0.29) is 0 Å². The van der Waals surface area contributed by atoms with Crippen molar-refractivity contribution in [1.29, 1.82) is 0 Å². The molecule has 3 aromatic rings. The van der Waals surface area contributed by atoms with E-state index in [1.165, 1.54) is 16.3 Å². The van der Waals surface area contributed by atoms with Crippen LogP contribution in [0.1, 0.15) is 11.1 Å². The molecule has 0 N–H and O–H groups in total. The molecule has 1 fully saturated rings. The fourth-order valence-electron chi connectivity index (χ4n) is 3.38. The summed E-state index contributed by atoms with van der Waals surface area (Å²) in [4.78, 5) is 2.52. The molecule has 0 spiro atoms. The molecule has 4 rings (SSSR count). The van der Waals surface area contributed by atoms with Crippen LogP contribution in [0.15, 0.2) is 76.3 Å². The van der Waals surface area contributed by atoms with E-state index in [1.807, 2.05) is 18.3 Å². The van der Waals surface area contributed by atoms with Gasteiger partial charge in [-0.3, -0.25) is 9.91 Å². The van der Waals surface area contributed by atoms with Gasteiger partial charge in [0.05, 0.1) is 6.21 Å². The molecule has 1 heterocycles. The summed E-state index contributed by atoms with van der Waals surface area (Å²) in [6, 6.07) is 23.5. The zero-order chi connectivity index (χ0) is 17.8. The highest BCUT2D eigenvalue weighted by atomic mass is 79.9. The highest BCUT2D eigenvalue weighted by Crippen LogP contribution is 2.20. The third-order valence-electron chi connectivity index (χ3n) is 4.86. The van der Waals surface area contributed by atoms with Gasteiger partial charge in [0.1, 0.15) is 0 Å². The predicted octanol–water partition coefficient (Wildman–Crippen LogP) is 4.75. The Balaban J connectivity index is 1.35. The average Bonchev–Trinajstić information content (AvgIpc) is 2.69. The maximum atomic E-state index is 4.64. The van der Waals surface area contributed by atoms with Crippen LogP contribution in [0.3, 0.4) is 0 Å². The summed E-state index contributed by atoms with van der Waals surface area (Å²) in [5.74, 6) is 0. The fourth-order valence-corrected chi connectivity index (χ4v) is 3.64. The molecular formula is C22H22BrN3. The third kappa shape index (κ3) is 4.14. The summed E-state index contributed by atoms with van der Waals surface area (Å²) in [5, 5.41) is 9.50. The van der Waals surface area contributed by atoms with Crippen molar-refractivity contribution in [3.8, 4) is 0 Å². The predicted molar refractivity (Wildman–Crippen MR) is 113 cm³/mol. The minimum Gasteiger partial charge on any atom is -0.295 e. The van der Waals surface area contributed by atoms with Gasteiger partial charge >= 0.3 is 0 Å². The van der Waals surface area contributed by atoms with E-state index in [1.54, 1.807) is 0 Å². The van der Waals surface area contributed by atoms with Crippen molar-refractivity contribution in [2.24, 2.45) is 5.10 Å². The van der Waals surface area contributed by atoms with Gasteiger partial charge in [-0.1, -0.05) is 70.5 Å². The largest absolute Gasteiger partial charge is 0.295 e. The maximum Gasteiger partial charge on any atom is 0.0542 e. The molecule has 0 aliphatic carbocycles. The second-order valence-electron chi connectivity index (χ2n) is 6.66. The molecule has 0 bridgehead atoms. The maximum absolute atomic E-state index is 4.64. The Morgan fingerprint density at radius 3 is 2.38 bits per heavy atom. The number of nitrogens with zero attached hydrogens (tertiary/aromatic N) is 3. The zero-order valence-electron chi connectivity index (χ0n) is 14.7. The molecule has 132 valence electrons. The van der Waals surface area contributed by atoms with Crippen molar-refractivity contribution in [3.05, 3.63) is 82.3 Å². The number of halogens is 1. The van der Waals surface area contributed by atoms with E-state index in [4.69, 9.17) is 0 Å². The molecule has 1 aliphatic heterocycles. The van der Waals surface area contributed by atoms with E-state index < -0.39 is 0 Å². The first-order valence-electron chi connectivity index (χ1n) is 9.01. The fraction of sp³-hybridized carbons (Fsp3) is 0.227. The third-order valence-corrected chi connectivity index (χ3v) is 5.39. The molecular weight excluding hydrogens is 386 g/mol. The molecule has 4 heteroatoms. The summed E-state index contributed by atoms with van der Waals surface area (Å²) >= 11 is 3.46. The van der Waals surface area contributed by atoms with E-state index in [0.29, 0.717) is 0 Å². The molecule has 0 atom stereocenters. The molecule has 3 aromatic carbocycles. The summed E-state index contributed by atoms with van der Waals surface area (Å²) in [6.07, 6.45) is 1.95. The molecule has 3 nitrogen and oxygen atoms in total. The average molecular weight is 408 g/mol. The van der Waals surface area contributed by atoms with Gasteiger partial charge in [0, 0.05) is 37.2 Å². The Labute approximate surface area is 163 Å². The van der Waals surface area contributed by atoms with Crippen LogP contribution in [-0.4, -0.2) is 42.3 Å². The van der Waals surface area contributed by atoms with Gasteiger partial charge in [0.25, 0.3) is 0 Å². The molecule has 0 radical (unpaired) electrons. The Hall–Kier alpha value is -2.17. The molecule has 0 saturated carbocycles. The first-order chi connectivity index (χ1) is 12.8. The van der Waals surface area contributed by atoms with Crippen molar-refractivity contribution in [2.45, 2.75) is 6.54 Å². The number of benzene rings is 3. The topological polar surface area (TPSA) is 18.8 Å². The van der Waals surface area contributed by atoms with Crippen LogP contribution in [0, 0.1) is 0 Å². The lowest BCUT2D eigenvalue weighted by molar-refractivity contribution is 0.131. The van der Waals surface area contributed by atoms with Gasteiger partial charge in [-0.2, -0.15) is 5.10 Å². The molecule has 26 heavy (non-hydrogen) atoms. The molecule has 0 amide bonds. The number of hydrazone groups is 1. The van der Waals surface area contributed by atoms with Gasteiger partial charge < -0.3 is 0 Å². The molecule has 1 saturated heterocycles. The second-order valence-corrected chi connectivity index (χ2v) is 7.58. The lowest BCUT2D eigenvalue weighted by Gasteiger charge is -2.33. The SMILES string of the molecule is Brc1ccc(/C=N/N2CCN(Cc3cccc4ccccc34)CC2)cc1. The first kappa shape index (κ1) is 17.3. The van der Waals surface area contributed by atoms with Crippen LogP contribution in [0.4, 0.5) is 0 Å². The first-order valence-corrected chi connectivity index (χ1v) is 9.81. The van der Waals surface area contributed by atoms with Crippen molar-refractivity contribution >= 4 is 32.9 Å². The standard InChI is InChI=1S/C22H22BrN3/c23-21-10-8-18(9-11-21)16-24-26-14-12-25(13-15-26)17-20-6-3-5-19-4-1-2-7-22(19)20/h1-11,16H,12-15,17H2/b24-16+. The zero-order valence-corrected chi connectivity index (χ0v) is 16.3. The molecule has 0 unspecified atom stereocenters. The van der Waals surface area contributed by atoms with E-state index in [9.17, 15) is 0 Å². The highest BCUT2D eigenvalue weighted by molar-refractivity contribution is 9.10. The van der Waals surface area contributed by atoms with Crippen LogP contribution in [-0.2, 0) is 6.54 Å². The monoisotopic (exact) mass is 407 g/mol. The highest BCUT2D eigenvalue weighted by Gasteiger charge is 2.16. The summed E-state index contributed by atoms with van der Waals surface area (Å²) < 4.78 is 1.09. The van der Waals surface area contributed by atoms with Crippen molar-refractivity contribution in [3.63, 3.8) is 0 Å². The number of fused-ring (bicyclic) bond motifs is 1. The van der Waals surface area contributed by atoms with Gasteiger partial charge in [0.15, 0.2) is 0 Å². The van der Waals surface area contributed by atoms with Crippen LogP contribution in [0.2, 0.25) is 0 Å². The van der Waals surface area contributed by atoms with Gasteiger partial charge in [-0.05, 0) is 34.0 Å². The second kappa shape index (κ2) is 8.02. The quantitative estimate of drug-likeness (QED) is 0.580. The summed E-state index contributed by atoms with van der Waals surface area (Å²) in [6.45, 7) is 5.03. The number of rotatable bonds is 4. The Kier molecular flexibility index (Phi) is 5.32. The van der Waals surface area contributed by atoms with Crippen molar-refractivity contribution in [2.75, 3.05) is 26.2 Å². The Morgan fingerprint density at radius 2 is 1.58 bits per heavy atom. The van der Waals surface area contributed by atoms with Crippen LogP contribution in [0.25, 0.3) is 10.8 Å². The smallest absolute Gasteiger partial charge is 0.0542 e. The number of piperazine rings is 1. The Bertz CT molecular complexity index is 891. The number of hydrogen-bond acceptors (Lipinski definition) is 3. The van der Waals surface area contributed by atoms with Gasteiger partial charge in [-0.15, -0.1) is 0 Å². The minimum absolute atomic E-state index is 0.970. The number of hydrogen-bond donors (Lipinski definition) is 0. The Morgan fingerprint density at radius 1 is 0.846 bits per heavy atom. The van der Waals surface area contributed by atoms with Crippen LogP contribution >= 0.6 is 15.9 Å². The normalized spacial score (nSPS) is 15.8. The van der Waals surface area contributed by atoms with Crippen molar-refractivity contribution in [1.82, 2.24) is 9.91 Å². The van der Waals surface area contributed by atoms with E-state index >= 15 is 0 Å². The lowest BCUT2D eigenvalue weighted by Crippen LogP contribution is -2.43.